The molecule has 14 heteroatoms. The number of alkyl halides is 3. The summed E-state index contributed by atoms with van der Waals surface area (Å²) in [5, 5.41) is 5.21. The van der Waals surface area contributed by atoms with Crippen LogP contribution in [0.2, 0.25) is 10.0 Å². The van der Waals surface area contributed by atoms with E-state index in [1.807, 2.05) is 0 Å². The van der Waals surface area contributed by atoms with Gasteiger partial charge in [-0.2, -0.15) is 13.2 Å². The van der Waals surface area contributed by atoms with Gasteiger partial charge in [0.05, 0.1) is 40.4 Å². The Kier molecular flexibility index (Phi) is 8.78. The second-order valence-corrected chi connectivity index (χ2v) is 9.58. The summed E-state index contributed by atoms with van der Waals surface area (Å²) in [7, 11) is 1.10. The Morgan fingerprint density at radius 1 is 1.02 bits per heavy atom. The van der Waals surface area contributed by atoms with Crippen LogP contribution in [0.25, 0.3) is 6.08 Å². The lowest BCUT2D eigenvalue weighted by atomic mass is 10.1. The summed E-state index contributed by atoms with van der Waals surface area (Å²) >= 11 is 11.7. The quantitative estimate of drug-likeness (QED) is 0.206. The number of benzene rings is 2. The van der Waals surface area contributed by atoms with Crippen LogP contribution in [0.15, 0.2) is 75.9 Å². The number of furan rings is 1. The van der Waals surface area contributed by atoms with Gasteiger partial charge in [0.2, 0.25) is 0 Å². The summed E-state index contributed by atoms with van der Waals surface area (Å²) in [4.78, 5) is 51.3. The van der Waals surface area contributed by atoms with Gasteiger partial charge in [-0.3, -0.25) is 19.3 Å². The van der Waals surface area contributed by atoms with Crippen LogP contribution in [0.1, 0.15) is 24.0 Å². The lowest BCUT2D eigenvalue weighted by Crippen LogP contribution is -2.34. The number of rotatable bonds is 6. The lowest BCUT2D eigenvalue weighted by Gasteiger charge is -2.19. The number of hydrogen-bond donors (Lipinski definition) is 2. The largest absolute Gasteiger partial charge is 0.465 e. The zero-order valence-electron chi connectivity index (χ0n) is 21.8. The predicted octanol–water partition coefficient (Wildman–Crippen LogP) is 5.74. The molecule has 0 bridgehead atoms. The van der Waals surface area contributed by atoms with Crippen LogP contribution in [0.5, 0.6) is 0 Å². The predicted molar refractivity (Wildman–Crippen MR) is 147 cm³/mol. The molecular formula is C28H20Cl2F3N3O6. The van der Waals surface area contributed by atoms with Crippen molar-refractivity contribution in [2.75, 3.05) is 17.3 Å². The molecule has 4 rings (SSSR count). The Morgan fingerprint density at radius 3 is 2.43 bits per heavy atom. The van der Waals surface area contributed by atoms with E-state index in [0.29, 0.717) is 0 Å². The number of halogens is 5. The molecule has 0 radical (unpaired) electrons. The van der Waals surface area contributed by atoms with Crippen LogP contribution in [-0.2, 0) is 36.6 Å². The van der Waals surface area contributed by atoms with Crippen molar-refractivity contribution in [2.45, 2.75) is 19.6 Å². The van der Waals surface area contributed by atoms with Gasteiger partial charge in [0.1, 0.15) is 11.5 Å². The maximum atomic E-state index is 13.4. The first-order valence-electron chi connectivity index (χ1n) is 12.0. The van der Waals surface area contributed by atoms with E-state index in [-0.39, 0.29) is 56.3 Å². The molecule has 0 saturated heterocycles. The molecule has 1 aromatic heterocycles. The molecule has 3 aromatic rings. The van der Waals surface area contributed by atoms with E-state index in [0.717, 1.165) is 30.2 Å². The first-order chi connectivity index (χ1) is 19.8. The molecule has 3 amide bonds. The number of nitrogens with one attached hydrogen (secondary N) is 2. The van der Waals surface area contributed by atoms with Crippen molar-refractivity contribution < 1.29 is 41.5 Å². The van der Waals surface area contributed by atoms with Crippen molar-refractivity contribution in [2.24, 2.45) is 0 Å². The fourth-order valence-corrected chi connectivity index (χ4v) is 4.33. The van der Waals surface area contributed by atoms with Gasteiger partial charge in [-0.25, -0.2) is 4.79 Å². The monoisotopic (exact) mass is 621 g/mol. The summed E-state index contributed by atoms with van der Waals surface area (Å²) in [6.45, 7) is 1.19. The summed E-state index contributed by atoms with van der Waals surface area (Å²) < 4.78 is 50.3. The third-order valence-electron chi connectivity index (χ3n) is 6.00. The lowest BCUT2D eigenvalue weighted by molar-refractivity contribution is -0.137. The highest BCUT2D eigenvalue weighted by Gasteiger charge is 2.39. The standard InChI is InChI=1S/C28H20Cl2F3N3O6/c1-14-23(27(40)41-2)20(26(39)36(14)17-5-3-4-15(10-17)28(31,32)33)12-18-7-8-19(42-18)13-34-24(37)25(38)35-16-6-9-21(29)22(30)11-16/h3-12H,13H2,1-2H3,(H,34,37)(H,35,38)/b20-12+. The number of methoxy groups -OCH3 is 1. The number of esters is 1. The van der Waals surface area contributed by atoms with E-state index in [9.17, 15) is 32.3 Å². The molecule has 1 aliphatic rings. The van der Waals surface area contributed by atoms with Gasteiger partial charge in [-0.1, -0.05) is 29.3 Å². The third-order valence-corrected chi connectivity index (χ3v) is 6.74. The molecule has 0 atom stereocenters. The van der Waals surface area contributed by atoms with Crippen LogP contribution in [0.3, 0.4) is 0 Å². The SMILES string of the molecule is COC(=O)C1=C(C)N(c2cccc(C(F)(F)F)c2)C(=O)/C1=C/c1ccc(CNC(=O)C(=O)Nc2ccc(Cl)c(Cl)c2)o1. The summed E-state index contributed by atoms with van der Waals surface area (Å²) in [5.74, 6) is -3.34. The summed E-state index contributed by atoms with van der Waals surface area (Å²) in [5.41, 5.74) is -1.10. The molecule has 0 unspecified atom stereocenters. The number of carbonyl (C=O) groups excluding carboxylic acids is 4. The summed E-state index contributed by atoms with van der Waals surface area (Å²) in [6.07, 6.45) is -3.42. The first-order valence-corrected chi connectivity index (χ1v) is 12.7. The molecule has 9 nitrogen and oxygen atoms in total. The van der Waals surface area contributed by atoms with E-state index in [4.69, 9.17) is 32.4 Å². The van der Waals surface area contributed by atoms with Gasteiger partial charge in [0, 0.05) is 17.1 Å². The Bertz CT molecular complexity index is 1660. The number of anilines is 2. The number of ether oxygens (including phenoxy) is 1. The normalized spacial score (nSPS) is 14.4. The molecule has 218 valence electrons. The van der Waals surface area contributed by atoms with Crippen molar-refractivity contribution in [3.8, 4) is 0 Å². The topological polar surface area (TPSA) is 118 Å². The molecule has 0 aliphatic carbocycles. The number of amides is 3. The Balaban J connectivity index is 1.51. The van der Waals surface area contributed by atoms with Crippen LogP contribution in [0.4, 0.5) is 24.5 Å². The smallest absolute Gasteiger partial charge is 0.416 e. The molecule has 2 N–H and O–H groups in total. The minimum absolute atomic E-state index is 0.0597. The van der Waals surface area contributed by atoms with E-state index >= 15 is 0 Å². The minimum Gasteiger partial charge on any atom is -0.465 e. The van der Waals surface area contributed by atoms with Crippen molar-refractivity contribution in [1.82, 2.24) is 5.32 Å². The van der Waals surface area contributed by atoms with Gasteiger partial charge in [0.15, 0.2) is 0 Å². The van der Waals surface area contributed by atoms with Crippen LogP contribution >= 0.6 is 23.2 Å². The highest BCUT2D eigenvalue weighted by atomic mass is 35.5. The first kappa shape index (κ1) is 30.4. The number of carbonyl (C=O) groups is 4. The zero-order chi connectivity index (χ0) is 30.8. The maximum absolute atomic E-state index is 13.4. The maximum Gasteiger partial charge on any atom is 0.416 e. The van der Waals surface area contributed by atoms with Crippen LogP contribution in [-0.4, -0.2) is 30.8 Å². The number of hydrogen-bond acceptors (Lipinski definition) is 6. The molecule has 0 saturated carbocycles. The van der Waals surface area contributed by atoms with Gasteiger partial charge >= 0.3 is 24.0 Å². The zero-order valence-corrected chi connectivity index (χ0v) is 23.3. The van der Waals surface area contributed by atoms with Crippen molar-refractivity contribution in [3.63, 3.8) is 0 Å². The third kappa shape index (κ3) is 6.50. The van der Waals surface area contributed by atoms with Gasteiger partial charge in [-0.15, -0.1) is 0 Å². The molecule has 1 aliphatic heterocycles. The number of allylic oxidation sites excluding steroid dienone is 1. The second kappa shape index (κ2) is 12.1. The van der Waals surface area contributed by atoms with Gasteiger partial charge in [0.25, 0.3) is 5.91 Å². The molecule has 42 heavy (non-hydrogen) atoms. The number of nitrogens with zero attached hydrogens (tertiary/aromatic N) is 1. The van der Waals surface area contributed by atoms with Crippen molar-refractivity contribution in [3.05, 3.63) is 98.6 Å². The Morgan fingerprint density at radius 2 is 1.76 bits per heavy atom. The van der Waals surface area contributed by atoms with E-state index in [1.54, 1.807) is 0 Å². The van der Waals surface area contributed by atoms with Crippen molar-refractivity contribution in [1.29, 1.82) is 0 Å². The molecule has 2 aromatic carbocycles. The van der Waals surface area contributed by atoms with E-state index in [2.05, 4.69) is 10.6 Å². The molecule has 0 fully saturated rings. The highest BCUT2D eigenvalue weighted by molar-refractivity contribution is 6.43. The van der Waals surface area contributed by atoms with Crippen molar-refractivity contribution >= 4 is 64.3 Å². The van der Waals surface area contributed by atoms with E-state index in [1.165, 1.54) is 49.4 Å². The van der Waals surface area contributed by atoms with Gasteiger partial charge in [-0.05, 0) is 61.5 Å². The average molecular weight is 622 g/mol. The minimum atomic E-state index is -4.65. The Labute approximate surface area is 246 Å². The Hall–Kier alpha value is -4.55. The van der Waals surface area contributed by atoms with Crippen LogP contribution in [0, 0.1) is 0 Å². The second-order valence-electron chi connectivity index (χ2n) is 8.77. The fourth-order valence-electron chi connectivity index (χ4n) is 4.03. The molecular weight excluding hydrogens is 602 g/mol. The summed E-state index contributed by atoms with van der Waals surface area (Å²) in [6, 6.07) is 11.3. The molecule has 0 spiro atoms. The van der Waals surface area contributed by atoms with Crippen LogP contribution < -0.4 is 15.5 Å². The molecule has 2 heterocycles. The average Bonchev–Trinajstić information content (AvgIpc) is 3.49. The fraction of sp³-hybridized carbons (Fsp3) is 0.143. The van der Waals surface area contributed by atoms with E-state index < -0.39 is 35.4 Å². The van der Waals surface area contributed by atoms with Gasteiger partial charge < -0.3 is 19.8 Å². The highest BCUT2D eigenvalue weighted by Crippen LogP contribution is 2.38.